The molecule has 0 fully saturated rings. The van der Waals surface area contributed by atoms with E-state index < -0.39 is 0 Å². The van der Waals surface area contributed by atoms with E-state index in [1.54, 1.807) is 12.1 Å². The van der Waals surface area contributed by atoms with Gasteiger partial charge in [0.25, 0.3) is 0 Å². The second-order valence-corrected chi connectivity index (χ2v) is 5.36. The molecule has 0 spiro atoms. The molecule has 94 valence electrons. The van der Waals surface area contributed by atoms with Gasteiger partial charge in [0.15, 0.2) is 0 Å². The minimum atomic E-state index is -0.388. The van der Waals surface area contributed by atoms with E-state index >= 15 is 0 Å². The van der Waals surface area contributed by atoms with Crippen molar-refractivity contribution in [3.05, 3.63) is 68.9 Å². The molecule has 0 aliphatic rings. The summed E-state index contributed by atoms with van der Waals surface area (Å²) in [5.74, 6) is -0.359. The van der Waals surface area contributed by atoms with E-state index in [9.17, 15) is 4.39 Å². The zero-order valence-electron chi connectivity index (χ0n) is 9.54. The molecule has 0 saturated heterocycles. The average Bonchev–Trinajstić information content (AvgIpc) is 2.32. The number of hydrogen-bond donors (Lipinski definition) is 1. The van der Waals surface area contributed by atoms with Gasteiger partial charge in [0.2, 0.25) is 0 Å². The van der Waals surface area contributed by atoms with Crippen LogP contribution in [0.5, 0.6) is 0 Å². The van der Waals surface area contributed by atoms with Gasteiger partial charge < -0.3 is 5.73 Å². The molecule has 18 heavy (non-hydrogen) atoms. The lowest BCUT2D eigenvalue weighted by molar-refractivity contribution is 0.580. The Bertz CT molecular complexity index is 559. The Hall–Kier alpha value is -0.900. The van der Waals surface area contributed by atoms with Crippen LogP contribution < -0.4 is 5.73 Å². The van der Waals surface area contributed by atoms with Gasteiger partial charge in [-0.3, -0.25) is 0 Å². The van der Waals surface area contributed by atoms with E-state index in [1.807, 2.05) is 24.3 Å². The Kier molecular flexibility index (Phi) is 4.38. The SMILES string of the molecule is NC(Cc1ccccc1Br)c1ccc(Cl)cc1F. The molecule has 0 radical (unpaired) electrons. The van der Waals surface area contributed by atoms with Crippen molar-refractivity contribution in [1.82, 2.24) is 0 Å². The van der Waals surface area contributed by atoms with Crippen molar-refractivity contribution in [3.8, 4) is 0 Å². The third-order valence-electron chi connectivity index (χ3n) is 2.76. The van der Waals surface area contributed by atoms with Crippen LogP contribution in [0.1, 0.15) is 17.2 Å². The maximum absolute atomic E-state index is 13.7. The standard InChI is InChI=1S/C14H12BrClFN/c15-12-4-2-1-3-9(12)7-14(18)11-6-5-10(16)8-13(11)17/h1-6,8,14H,7,18H2. The molecule has 0 amide bonds. The summed E-state index contributed by atoms with van der Waals surface area (Å²) in [6.45, 7) is 0. The summed E-state index contributed by atoms with van der Waals surface area (Å²) < 4.78 is 14.7. The Balaban J connectivity index is 2.22. The first-order valence-corrected chi connectivity index (χ1v) is 6.69. The summed E-state index contributed by atoms with van der Waals surface area (Å²) >= 11 is 9.18. The number of benzene rings is 2. The van der Waals surface area contributed by atoms with Crippen LogP contribution in [0.3, 0.4) is 0 Å². The van der Waals surface area contributed by atoms with Gasteiger partial charge in [-0.05, 0) is 30.2 Å². The molecule has 1 atom stereocenters. The highest BCUT2D eigenvalue weighted by Gasteiger charge is 2.13. The molecule has 2 aromatic carbocycles. The van der Waals surface area contributed by atoms with Crippen molar-refractivity contribution >= 4 is 27.5 Å². The minimum absolute atomic E-state index is 0.359. The molecule has 0 bridgehead atoms. The molecule has 0 aliphatic heterocycles. The van der Waals surface area contributed by atoms with E-state index in [0.717, 1.165) is 10.0 Å². The molecule has 2 aromatic rings. The molecule has 2 rings (SSSR count). The van der Waals surface area contributed by atoms with Crippen molar-refractivity contribution in [3.63, 3.8) is 0 Å². The van der Waals surface area contributed by atoms with Gasteiger partial charge in [0, 0.05) is 21.1 Å². The Morgan fingerprint density at radius 2 is 1.94 bits per heavy atom. The number of hydrogen-bond acceptors (Lipinski definition) is 1. The first-order chi connectivity index (χ1) is 8.58. The van der Waals surface area contributed by atoms with Gasteiger partial charge in [-0.2, -0.15) is 0 Å². The second-order valence-electron chi connectivity index (χ2n) is 4.07. The lowest BCUT2D eigenvalue weighted by Gasteiger charge is -2.14. The molecular formula is C14H12BrClFN. The quantitative estimate of drug-likeness (QED) is 0.883. The fourth-order valence-corrected chi connectivity index (χ4v) is 2.42. The third-order valence-corrected chi connectivity index (χ3v) is 3.77. The number of nitrogens with two attached hydrogens (primary N) is 1. The van der Waals surface area contributed by atoms with Crippen LogP contribution >= 0.6 is 27.5 Å². The predicted octanol–water partition coefficient (Wildman–Crippen LogP) is 4.48. The van der Waals surface area contributed by atoms with E-state index in [4.69, 9.17) is 17.3 Å². The lowest BCUT2D eigenvalue weighted by atomic mass is 9.99. The van der Waals surface area contributed by atoms with Gasteiger partial charge in [-0.1, -0.05) is 51.8 Å². The summed E-state index contributed by atoms with van der Waals surface area (Å²) in [5.41, 5.74) is 7.58. The highest BCUT2D eigenvalue weighted by molar-refractivity contribution is 9.10. The second kappa shape index (κ2) is 5.83. The van der Waals surface area contributed by atoms with E-state index in [0.29, 0.717) is 17.0 Å². The summed E-state index contributed by atoms with van der Waals surface area (Å²) in [4.78, 5) is 0. The highest BCUT2D eigenvalue weighted by atomic mass is 79.9. The van der Waals surface area contributed by atoms with Crippen molar-refractivity contribution in [2.24, 2.45) is 5.73 Å². The minimum Gasteiger partial charge on any atom is -0.324 e. The summed E-state index contributed by atoms with van der Waals surface area (Å²) in [7, 11) is 0. The summed E-state index contributed by atoms with van der Waals surface area (Å²) in [5, 5.41) is 0.379. The Morgan fingerprint density at radius 1 is 1.22 bits per heavy atom. The maximum atomic E-state index is 13.7. The third kappa shape index (κ3) is 3.10. The molecule has 0 aliphatic carbocycles. The van der Waals surface area contributed by atoms with Gasteiger partial charge >= 0.3 is 0 Å². The number of rotatable bonds is 3. The van der Waals surface area contributed by atoms with E-state index in [-0.39, 0.29) is 11.9 Å². The number of halogens is 3. The van der Waals surface area contributed by atoms with Crippen LogP contribution in [0.2, 0.25) is 5.02 Å². The summed E-state index contributed by atoms with van der Waals surface area (Å²) in [6, 6.07) is 12.0. The molecule has 0 saturated carbocycles. The van der Waals surface area contributed by atoms with Crippen LogP contribution in [0, 0.1) is 5.82 Å². The van der Waals surface area contributed by atoms with Crippen molar-refractivity contribution < 1.29 is 4.39 Å². The molecule has 0 heterocycles. The van der Waals surface area contributed by atoms with Crippen LogP contribution in [-0.2, 0) is 6.42 Å². The van der Waals surface area contributed by atoms with Gasteiger partial charge in [0.1, 0.15) is 5.82 Å². The van der Waals surface area contributed by atoms with Gasteiger partial charge in [-0.25, -0.2) is 4.39 Å². The molecule has 1 unspecified atom stereocenters. The molecule has 0 aromatic heterocycles. The zero-order valence-corrected chi connectivity index (χ0v) is 11.9. The smallest absolute Gasteiger partial charge is 0.129 e. The van der Waals surface area contributed by atoms with Crippen molar-refractivity contribution in [2.75, 3.05) is 0 Å². The van der Waals surface area contributed by atoms with Crippen molar-refractivity contribution in [2.45, 2.75) is 12.5 Å². The lowest BCUT2D eigenvalue weighted by Crippen LogP contribution is -2.15. The van der Waals surface area contributed by atoms with Crippen LogP contribution in [0.4, 0.5) is 4.39 Å². The van der Waals surface area contributed by atoms with Gasteiger partial charge in [0.05, 0.1) is 0 Å². The molecule has 1 nitrogen and oxygen atoms in total. The topological polar surface area (TPSA) is 26.0 Å². The predicted molar refractivity (Wildman–Crippen MR) is 76.2 cm³/mol. The molecule has 4 heteroatoms. The summed E-state index contributed by atoms with van der Waals surface area (Å²) in [6.07, 6.45) is 0.569. The van der Waals surface area contributed by atoms with E-state index in [1.165, 1.54) is 6.07 Å². The van der Waals surface area contributed by atoms with E-state index in [2.05, 4.69) is 15.9 Å². The average molecular weight is 329 g/mol. The van der Waals surface area contributed by atoms with Crippen LogP contribution in [0.25, 0.3) is 0 Å². The first kappa shape index (κ1) is 13.5. The fourth-order valence-electron chi connectivity index (χ4n) is 1.81. The first-order valence-electron chi connectivity index (χ1n) is 5.52. The van der Waals surface area contributed by atoms with Gasteiger partial charge in [-0.15, -0.1) is 0 Å². The monoisotopic (exact) mass is 327 g/mol. The fraction of sp³-hybridized carbons (Fsp3) is 0.143. The normalized spacial score (nSPS) is 12.4. The van der Waals surface area contributed by atoms with Crippen LogP contribution in [-0.4, -0.2) is 0 Å². The molecule has 2 N–H and O–H groups in total. The Labute approximate surface area is 119 Å². The Morgan fingerprint density at radius 3 is 2.61 bits per heavy atom. The largest absolute Gasteiger partial charge is 0.324 e. The zero-order chi connectivity index (χ0) is 13.1. The highest BCUT2D eigenvalue weighted by Crippen LogP contribution is 2.25. The maximum Gasteiger partial charge on any atom is 0.129 e. The molecular weight excluding hydrogens is 317 g/mol. The van der Waals surface area contributed by atoms with Crippen molar-refractivity contribution in [1.29, 1.82) is 0 Å². The van der Waals surface area contributed by atoms with Crippen LogP contribution in [0.15, 0.2) is 46.9 Å².